The monoisotopic (exact) mass is 273 g/mol. The van der Waals surface area contributed by atoms with Crippen molar-refractivity contribution in [3.8, 4) is 0 Å². The van der Waals surface area contributed by atoms with E-state index in [0.717, 1.165) is 23.1 Å². The van der Waals surface area contributed by atoms with E-state index >= 15 is 0 Å². The maximum atomic E-state index is 9.41. The van der Waals surface area contributed by atoms with Gasteiger partial charge in [-0.05, 0) is 28.8 Å². The summed E-state index contributed by atoms with van der Waals surface area (Å²) in [5.41, 5.74) is -0.295. The van der Waals surface area contributed by atoms with Crippen molar-refractivity contribution in [2.75, 3.05) is 11.9 Å². The number of nitrogens with zero attached hydrogens (tertiary/aromatic N) is 2. The van der Waals surface area contributed by atoms with Crippen LogP contribution in [0.2, 0.25) is 0 Å². The second-order valence-corrected chi connectivity index (χ2v) is 4.34. The van der Waals surface area contributed by atoms with Crippen molar-refractivity contribution in [1.29, 1.82) is 0 Å². The van der Waals surface area contributed by atoms with Gasteiger partial charge in [-0.1, -0.05) is 13.8 Å². The number of halogens is 1. The van der Waals surface area contributed by atoms with Gasteiger partial charge >= 0.3 is 0 Å². The molecule has 0 radical (unpaired) electrons. The first kappa shape index (κ1) is 12.4. The Labute approximate surface area is 98.3 Å². The molecule has 0 unspecified atom stereocenters. The van der Waals surface area contributed by atoms with E-state index in [-0.39, 0.29) is 12.1 Å². The number of aliphatic hydroxyl groups excluding tert-OH is 1. The quantitative estimate of drug-likeness (QED) is 0.864. The summed E-state index contributed by atoms with van der Waals surface area (Å²) in [4.78, 5) is 8.02. The minimum absolute atomic E-state index is 0.0937. The minimum atomic E-state index is -0.295. The minimum Gasteiger partial charge on any atom is -0.394 e. The van der Waals surface area contributed by atoms with Crippen molar-refractivity contribution in [3.63, 3.8) is 0 Å². The van der Waals surface area contributed by atoms with Gasteiger partial charge < -0.3 is 10.4 Å². The van der Waals surface area contributed by atoms with E-state index in [4.69, 9.17) is 0 Å². The molecule has 1 rings (SSSR count). The molecule has 0 aliphatic carbocycles. The first-order valence-corrected chi connectivity index (χ1v) is 5.81. The Morgan fingerprint density at radius 2 is 2.13 bits per heavy atom. The zero-order chi connectivity index (χ0) is 11.3. The van der Waals surface area contributed by atoms with Crippen LogP contribution in [0, 0.1) is 0 Å². The van der Waals surface area contributed by atoms with Crippen LogP contribution in [-0.4, -0.2) is 27.2 Å². The smallest absolute Gasteiger partial charge is 0.144 e. The summed E-state index contributed by atoms with van der Waals surface area (Å²) in [6.07, 6.45) is 4.86. The van der Waals surface area contributed by atoms with E-state index < -0.39 is 0 Å². The van der Waals surface area contributed by atoms with E-state index in [1.54, 1.807) is 6.20 Å². The van der Waals surface area contributed by atoms with Crippen molar-refractivity contribution >= 4 is 21.7 Å². The Kier molecular flexibility index (Phi) is 4.47. The molecule has 0 amide bonds. The first-order valence-electron chi connectivity index (χ1n) is 5.02. The first-order chi connectivity index (χ1) is 7.17. The van der Waals surface area contributed by atoms with Gasteiger partial charge in [0.15, 0.2) is 0 Å². The van der Waals surface area contributed by atoms with Gasteiger partial charge in [0.2, 0.25) is 0 Å². The number of aliphatic hydroxyl groups is 1. The Morgan fingerprint density at radius 3 is 2.60 bits per heavy atom. The lowest BCUT2D eigenvalue weighted by Gasteiger charge is -2.31. The highest BCUT2D eigenvalue weighted by Gasteiger charge is 2.25. The lowest BCUT2D eigenvalue weighted by molar-refractivity contribution is 0.202. The standard InChI is InChI=1S/C10H16BrN3O/c1-3-10(4-2,6-15)14-9-8(11)5-12-7-13-9/h5,7,15H,3-4,6H2,1-2H3,(H,12,13,14). The third-order valence-corrected chi connectivity index (χ3v) is 3.29. The fourth-order valence-electron chi connectivity index (χ4n) is 1.35. The van der Waals surface area contributed by atoms with E-state index in [9.17, 15) is 5.11 Å². The fourth-order valence-corrected chi connectivity index (χ4v) is 1.67. The average molecular weight is 274 g/mol. The number of hydrogen-bond acceptors (Lipinski definition) is 4. The average Bonchev–Trinajstić information content (AvgIpc) is 2.29. The summed E-state index contributed by atoms with van der Waals surface area (Å²) in [7, 11) is 0. The molecule has 0 bridgehead atoms. The van der Waals surface area contributed by atoms with Crippen LogP contribution in [0.3, 0.4) is 0 Å². The van der Waals surface area contributed by atoms with Gasteiger partial charge in [-0.25, -0.2) is 9.97 Å². The molecule has 0 aromatic carbocycles. The molecule has 1 heterocycles. The summed E-state index contributed by atoms with van der Waals surface area (Å²) < 4.78 is 0.810. The van der Waals surface area contributed by atoms with Crippen LogP contribution in [0.4, 0.5) is 5.82 Å². The maximum Gasteiger partial charge on any atom is 0.144 e. The predicted octanol–water partition coefficient (Wildman–Crippen LogP) is 2.20. The Hall–Kier alpha value is -0.680. The summed E-state index contributed by atoms with van der Waals surface area (Å²) >= 11 is 3.37. The van der Waals surface area contributed by atoms with Crippen LogP contribution >= 0.6 is 15.9 Å². The van der Waals surface area contributed by atoms with Gasteiger partial charge in [0, 0.05) is 6.20 Å². The van der Waals surface area contributed by atoms with Gasteiger partial charge in [0.25, 0.3) is 0 Å². The van der Waals surface area contributed by atoms with Crippen molar-refractivity contribution < 1.29 is 5.11 Å². The Bertz CT molecular complexity index is 307. The van der Waals surface area contributed by atoms with Crippen LogP contribution in [0.1, 0.15) is 26.7 Å². The maximum absolute atomic E-state index is 9.41. The number of anilines is 1. The molecule has 0 spiro atoms. The lowest BCUT2D eigenvalue weighted by Crippen LogP contribution is -2.41. The molecule has 0 atom stereocenters. The Morgan fingerprint density at radius 1 is 1.47 bits per heavy atom. The Balaban J connectivity index is 2.88. The summed E-state index contributed by atoms with van der Waals surface area (Å²) in [5, 5.41) is 12.7. The summed E-state index contributed by atoms with van der Waals surface area (Å²) in [6, 6.07) is 0. The molecule has 0 aliphatic rings. The van der Waals surface area contributed by atoms with Crippen LogP contribution in [0.15, 0.2) is 17.0 Å². The largest absolute Gasteiger partial charge is 0.394 e. The molecule has 0 saturated carbocycles. The van der Waals surface area contributed by atoms with Crippen LogP contribution in [-0.2, 0) is 0 Å². The van der Waals surface area contributed by atoms with Gasteiger partial charge in [-0.2, -0.15) is 0 Å². The molecular formula is C10H16BrN3O. The summed E-state index contributed by atoms with van der Waals surface area (Å²) in [6.45, 7) is 4.18. The number of hydrogen-bond donors (Lipinski definition) is 2. The molecule has 0 saturated heterocycles. The molecule has 84 valence electrons. The third kappa shape index (κ3) is 2.89. The summed E-state index contributed by atoms with van der Waals surface area (Å²) in [5.74, 6) is 0.725. The van der Waals surface area contributed by atoms with E-state index in [1.807, 2.05) is 13.8 Å². The second-order valence-electron chi connectivity index (χ2n) is 3.49. The third-order valence-electron chi connectivity index (χ3n) is 2.71. The normalized spacial score (nSPS) is 11.5. The molecule has 4 nitrogen and oxygen atoms in total. The topological polar surface area (TPSA) is 58.0 Å². The van der Waals surface area contributed by atoms with Crippen molar-refractivity contribution in [2.45, 2.75) is 32.2 Å². The molecule has 5 heteroatoms. The molecule has 15 heavy (non-hydrogen) atoms. The van der Waals surface area contributed by atoms with Crippen molar-refractivity contribution in [2.24, 2.45) is 0 Å². The predicted molar refractivity (Wildman–Crippen MR) is 63.8 cm³/mol. The molecule has 1 aromatic rings. The molecule has 0 aliphatic heterocycles. The molecular weight excluding hydrogens is 258 g/mol. The fraction of sp³-hybridized carbons (Fsp3) is 0.600. The highest BCUT2D eigenvalue weighted by atomic mass is 79.9. The van der Waals surface area contributed by atoms with Gasteiger partial charge in [0.1, 0.15) is 12.1 Å². The number of aromatic nitrogens is 2. The SMILES string of the molecule is CCC(CC)(CO)Nc1ncncc1Br. The van der Waals surface area contributed by atoms with Crippen LogP contribution in [0.5, 0.6) is 0 Å². The number of rotatable bonds is 5. The lowest BCUT2D eigenvalue weighted by atomic mass is 9.94. The van der Waals surface area contributed by atoms with Crippen molar-refractivity contribution in [1.82, 2.24) is 9.97 Å². The molecule has 1 aromatic heterocycles. The zero-order valence-electron chi connectivity index (χ0n) is 9.00. The van der Waals surface area contributed by atoms with Crippen LogP contribution in [0.25, 0.3) is 0 Å². The molecule has 0 fully saturated rings. The zero-order valence-corrected chi connectivity index (χ0v) is 10.6. The van der Waals surface area contributed by atoms with E-state index in [2.05, 4.69) is 31.2 Å². The highest BCUT2D eigenvalue weighted by Crippen LogP contribution is 2.25. The van der Waals surface area contributed by atoms with E-state index in [1.165, 1.54) is 6.33 Å². The second kappa shape index (κ2) is 5.42. The van der Waals surface area contributed by atoms with Crippen molar-refractivity contribution in [3.05, 3.63) is 17.0 Å². The van der Waals surface area contributed by atoms with Gasteiger partial charge in [0.05, 0.1) is 16.6 Å². The van der Waals surface area contributed by atoms with E-state index in [0.29, 0.717) is 0 Å². The van der Waals surface area contributed by atoms with Gasteiger partial charge in [-0.15, -0.1) is 0 Å². The highest BCUT2D eigenvalue weighted by molar-refractivity contribution is 9.10. The van der Waals surface area contributed by atoms with Crippen LogP contribution < -0.4 is 5.32 Å². The number of nitrogens with one attached hydrogen (secondary N) is 1. The molecule has 2 N–H and O–H groups in total. The van der Waals surface area contributed by atoms with Gasteiger partial charge in [-0.3, -0.25) is 0 Å².